The molecule has 8 heteroatoms. The number of halogens is 3. The minimum Gasteiger partial charge on any atom is -0.399 e. The van der Waals surface area contributed by atoms with Crippen LogP contribution in [-0.2, 0) is 15.6 Å². The highest BCUT2D eigenvalue weighted by atomic mass is 32.2. The normalized spacial score (nSPS) is 13.1. The number of carbonyl (C=O) groups excluding carboxylic acids is 1. The van der Waals surface area contributed by atoms with Crippen LogP contribution in [0.5, 0.6) is 0 Å². The van der Waals surface area contributed by atoms with Crippen molar-refractivity contribution in [3.8, 4) is 0 Å². The second-order valence-electron chi connectivity index (χ2n) is 3.90. The highest BCUT2D eigenvalue weighted by Crippen LogP contribution is 2.16. The molecule has 1 aromatic rings. The maximum Gasteiger partial charge on any atom is 0.405 e. The Morgan fingerprint density at radius 2 is 2.05 bits per heavy atom. The van der Waals surface area contributed by atoms with Gasteiger partial charge in [0.05, 0.1) is 10.8 Å². The van der Waals surface area contributed by atoms with Gasteiger partial charge < -0.3 is 11.1 Å². The molecule has 1 unspecified atom stereocenters. The van der Waals surface area contributed by atoms with Crippen molar-refractivity contribution in [3.05, 3.63) is 23.8 Å². The van der Waals surface area contributed by atoms with Crippen LogP contribution in [0.1, 0.15) is 5.56 Å². The average Bonchev–Trinajstić information content (AvgIpc) is 2.29. The van der Waals surface area contributed by atoms with Crippen molar-refractivity contribution in [1.82, 2.24) is 5.32 Å². The molecule has 19 heavy (non-hydrogen) atoms. The number of carbonyl (C=O) groups is 1. The summed E-state index contributed by atoms with van der Waals surface area (Å²) in [6.45, 7) is 0.281. The summed E-state index contributed by atoms with van der Waals surface area (Å²) < 4.78 is 47.4. The average molecular weight is 294 g/mol. The van der Waals surface area contributed by atoms with E-state index >= 15 is 0 Å². The van der Waals surface area contributed by atoms with Gasteiger partial charge in [0.2, 0.25) is 5.91 Å². The lowest BCUT2D eigenvalue weighted by molar-refractivity contribution is -0.136. The van der Waals surface area contributed by atoms with Crippen molar-refractivity contribution in [2.45, 2.75) is 18.0 Å². The highest BCUT2D eigenvalue weighted by molar-refractivity contribution is 7.85. The number of hydrogen-bond acceptors (Lipinski definition) is 3. The van der Waals surface area contributed by atoms with E-state index in [4.69, 9.17) is 5.73 Å². The molecule has 0 aliphatic carbocycles. The molecule has 0 spiro atoms. The van der Waals surface area contributed by atoms with Crippen LogP contribution < -0.4 is 11.1 Å². The minimum atomic E-state index is -4.48. The number of hydrogen-bond donors (Lipinski definition) is 2. The van der Waals surface area contributed by atoms with Crippen LogP contribution in [0.25, 0.3) is 0 Å². The van der Waals surface area contributed by atoms with Gasteiger partial charge in [-0.3, -0.25) is 9.00 Å². The molecule has 0 heterocycles. The Hall–Kier alpha value is -1.57. The predicted octanol–water partition coefficient (Wildman–Crippen LogP) is 1.36. The quantitative estimate of drug-likeness (QED) is 0.824. The summed E-state index contributed by atoms with van der Waals surface area (Å²) >= 11 is 0. The summed E-state index contributed by atoms with van der Waals surface area (Å²) in [4.78, 5) is 11.6. The maximum atomic E-state index is 11.9. The standard InChI is InChI=1S/C11H13F3N2O2S/c1-7-4-8(2-3-9(7)15)19(18)5-10(17)16-6-11(12,13)14/h2-4H,5-6,15H2,1H3,(H,16,17). The zero-order valence-corrected chi connectivity index (χ0v) is 10.9. The van der Waals surface area contributed by atoms with Gasteiger partial charge in [-0.05, 0) is 30.7 Å². The lowest BCUT2D eigenvalue weighted by atomic mass is 10.2. The monoisotopic (exact) mass is 294 g/mol. The number of nitrogens with one attached hydrogen (secondary N) is 1. The van der Waals surface area contributed by atoms with E-state index in [1.807, 2.05) is 0 Å². The molecule has 3 N–H and O–H groups in total. The third-order valence-corrected chi connectivity index (χ3v) is 3.56. The van der Waals surface area contributed by atoms with Crippen LogP contribution in [-0.4, -0.2) is 28.6 Å². The van der Waals surface area contributed by atoms with E-state index in [0.717, 1.165) is 0 Å². The van der Waals surface area contributed by atoms with E-state index in [-0.39, 0.29) is 0 Å². The molecular formula is C11H13F3N2O2S. The molecule has 0 radical (unpaired) electrons. The lowest BCUT2D eigenvalue weighted by Gasteiger charge is -2.08. The van der Waals surface area contributed by atoms with Gasteiger partial charge in [0.15, 0.2) is 0 Å². The third-order valence-electron chi connectivity index (χ3n) is 2.25. The molecule has 1 aromatic carbocycles. The summed E-state index contributed by atoms with van der Waals surface area (Å²) in [5.41, 5.74) is 6.79. The van der Waals surface area contributed by atoms with E-state index in [2.05, 4.69) is 0 Å². The molecule has 1 rings (SSSR count). The predicted molar refractivity (Wildman–Crippen MR) is 65.9 cm³/mol. The Kier molecular flexibility index (Phi) is 4.93. The second-order valence-corrected chi connectivity index (χ2v) is 5.35. The zero-order valence-electron chi connectivity index (χ0n) is 10.1. The van der Waals surface area contributed by atoms with Crippen LogP contribution in [0.15, 0.2) is 23.1 Å². The highest BCUT2D eigenvalue weighted by Gasteiger charge is 2.27. The molecule has 0 aliphatic heterocycles. The van der Waals surface area contributed by atoms with Gasteiger partial charge >= 0.3 is 6.18 Å². The summed E-state index contributed by atoms with van der Waals surface area (Å²) in [5.74, 6) is -1.43. The van der Waals surface area contributed by atoms with Gasteiger partial charge in [-0.25, -0.2) is 0 Å². The largest absolute Gasteiger partial charge is 0.405 e. The Bertz CT molecular complexity index is 503. The minimum absolute atomic E-state index is 0.355. The van der Waals surface area contributed by atoms with E-state index in [1.54, 1.807) is 18.3 Å². The van der Waals surface area contributed by atoms with Crippen molar-refractivity contribution in [1.29, 1.82) is 0 Å². The maximum absolute atomic E-state index is 11.9. The fourth-order valence-corrected chi connectivity index (χ4v) is 2.28. The number of benzene rings is 1. The molecule has 4 nitrogen and oxygen atoms in total. The van der Waals surface area contributed by atoms with Crippen molar-refractivity contribution in [2.24, 2.45) is 0 Å². The smallest absolute Gasteiger partial charge is 0.399 e. The number of aryl methyl sites for hydroxylation is 1. The van der Waals surface area contributed by atoms with Crippen LogP contribution >= 0.6 is 0 Å². The van der Waals surface area contributed by atoms with Gasteiger partial charge in [-0.2, -0.15) is 13.2 Å². The number of amides is 1. The van der Waals surface area contributed by atoms with Crippen LogP contribution in [0.3, 0.4) is 0 Å². The molecule has 1 atom stereocenters. The Morgan fingerprint density at radius 1 is 1.42 bits per heavy atom. The molecule has 106 valence electrons. The van der Waals surface area contributed by atoms with Crippen LogP contribution in [0, 0.1) is 6.92 Å². The number of alkyl halides is 3. The molecular weight excluding hydrogens is 281 g/mol. The number of nitrogen functional groups attached to an aromatic ring is 1. The van der Waals surface area contributed by atoms with Gasteiger partial charge in [0.25, 0.3) is 0 Å². The fraction of sp³-hybridized carbons (Fsp3) is 0.364. The van der Waals surface area contributed by atoms with Crippen LogP contribution in [0.4, 0.5) is 18.9 Å². The molecule has 0 saturated heterocycles. The molecule has 1 amide bonds. The molecule has 0 fully saturated rings. The first-order chi connectivity index (χ1) is 8.69. The fourth-order valence-electron chi connectivity index (χ4n) is 1.24. The Labute approximate surface area is 110 Å². The topological polar surface area (TPSA) is 72.2 Å². The summed E-state index contributed by atoms with van der Waals surface area (Å²) in [6, 6.07) is 4.56. The summed E-state index contributed by atoms with van der Waals surface area (Å²) in [7, 11) is -1.70. The molecule has 0 bridgehead atoms. The van der Waals surface area contributed by atoms with E-state index in [9.17, 15) is 22.2 Å². The summed E-state index contributed by atoms with van der Waals surface area (Å²) in [5, 5.41) is 1.67. The SMILES string of the molecule is Cc1cc(S(=O)CC(=O)NCC(F)(F)F)ccc1N. The van der Waals surface area contributed by atoms with Crippen molar-refractivity contribution < 1.29 is 22.2 Å². The number of rotatable bonds is 4. The van der Waals surface area contributed by atoms with Gasteiger partial charge in [0, 0.05) is 10.6 Å². The van der Waals surface area contributed by atoms with Crippen molar-refractivity contribution in [3.63, 3.8) is 0 Å². The molecule has 0 aliphatic rings. The van der Waals surface area contributed by atoms with Gasteiger partial charge in [-0.15, -0.1) is 0 Å². The Balaban J connectivity index is 2.59. The van der Waals surface area contributed by atoms with E-state index in [0.29, 0.717) is 16.1 Å². The third kappa shape index (κ3) is 5.29. The molecule has 0 saturated carbocycles. The van der Waals surface area contributed by atoms with Crippen molar-refractivity contribution in [2.75, 3.05) is 18.0 Å². The van der Waals surface area contributed by atoms with Crippen molar-refractivity contribution >= 4 is 22.4 Å². The first kappa shape index (κ1) is 15.5. The van der Waals surface area contributed by atoms with Crippen LogP contribution in [0.2, 0.25) is 0 Å². The van der Waals surface area contributed by atoms with Gasteiger partial charge in [0.1, 0.15) is 12.3 Å². The lowest BCUT2D eigenvalue weighted by Crippen LogP contribution is -2.36. The van der Waals surface area contributed by atoms with E-state index < -0.39 is 35.2 Å². The van der Waals surface area contributed by atoms with Gasteiger partial charge in [-0.1, -0.05) is 0 Å². The van der Waals surface area contributed by atoms with E-state index in [1.165, 1.54) is 12.1 Å². The first-order valence-corrected chi connectivity index (χ1v) is 6.59. The summed E-state index contributed by atoms with van der Waals surface area (Å²) in [6.07, 6.45) is -4.48. The second kappa shape index (κ2) is 6.05. The Morgan fingerprint density at radius 3 is 2.58 bits per heavy atom. The zero-order chi connectivity index (χ0) is 14.6. The first-order valence-electron chi connectivity index (χ1n) is 5.27. The number of anilines is 1. The number of nitrogens with two attached hydrogens (primary N) is 1. The molecule has 0 aromatic heterocycles.